The predicted molar refractivity (Wildman–Crippen MR) is 81.9 cm³/mol. The first-order valence-electron chi connectivity index (χ1n) is 6.36. The minimum Gasteiger partial charge on any atom is -0.495 e. The van der Waals surface area contributed by atoms with Crippen molar-refractivity contribution in [3.63, 3.8) is 0 Å². The van der Waals surface area contributed by atoms with Crippen LogP contribution in [-0.2, 0) is 9.84 Å². The average Bonchev–Trinajstić information content (AvgIpc) is 2.45. The zero-order chi connectivity index (χ0) is 14.5. The van der Waals surface area contributed by atoms with Crippen molar-refractivity contribution < 1.29 is 13.2 Å². The van der Waals surface area contributed by atoms with Crippen molar-refractivity contribution in [1.29, 1.82) is 0 Å². The molecule has 0 bridgehead atoms. The van der Waals surface area contributed by atoms with E-state index in [-0.39, 0.29) is 16.1 Å². The van der Waals surface area contributed by atoms with Crippen molar-refractivity contribution in [2.24, 2.45) is 5.41 Å². The number of halogens is 1. The van der Waals surface area contributed by atoms with Gasteiger partial charge in [0, 0.05) is 5.33 Å². The van der Waals surface area contributed by atoms with Crippen LogP contribution in [0, 0.1) is 5.41 Å². The molecule has 19 heavy (non-hydrogen) atoms. The largest absolute Gasteiger partial charge is 0.495 e. The number of sulfone groups is 1. The molecule has 0 fully saturated rings. The molecule has 0 unspecified atom stereocenters. The number of rotatable bonds is 7. The van der Waals surface area contributed by atoms with Crippen molar-refractivity contribution in [3.8, 4) is 5.75 Å². The van der Waals surface area contributed by atoms with Crippen molar-refractivity contribution in [2.45, 2.75) is 31.6 Å². The number of hydrogen-bond donors (Lipinski definition) is 0. The molecule has 0 N–H and O–H groups in total. The first kappa shape index (κ1) is 16.5. The highest BCUT2D eigenvalue weighted by molar-refractivity contribution is 9.09. The van der Waals surface area contributed by atoms with Crippen molar-refractivity contribution >= 4 is 25.8 Å². The molecule has 0 saturated carbocycles. The minimum absolute atomic E-state index is 0.138. The average molecular weight is 349 g/mol. The Labute approximate surface area is 124 Å². The number of methoxy groups -OCH3 is 1. The lowest BCUT2D eigenvalue weighted by molar-refractivity contribution is 0.350. The summed E-state index contributed by atoms with van der Waals surface area (Å²) in [6.45, 7) is 4.06. The van der Waals surface area contributed by atoms with E-state index < -0.39 is 9.84 Å². The number of benzene rings is 1. The second-order valence-electron chi connectivity index (χ2n) is 4.75. The van der Waals surface area contributed by atoms with Gasteiger partial charge in [0.05, 0.1) is 12.9 Å². The Balaban J connectivity index is 3.18. The lowest BCUT2D eigenvalue weighted by atomic mass is 9.87. The molecule has 0 atom stereocenters. The van der Waals surface area contributed by atoms with E-state index in [1.807, 2.05) is 13.8 Å². The van der Waals surface area contributed by atoms with Crippen LogP contribution in [0.15, 0.2) is 29.2 Å². The summed E-state index contributed by atoms with van der Waals surface area (Å²) >= 11 is 3.46. The second-order valence-corrected chi connectivity index (χ2v) is 7.27. The molecule has 0 spiro atoms. The molecule has 0 saturated heterocycles. The maximum atomic E-state index is 12.6. The molecule has 1 rings (SSSR count). The van der Waals surface area contributed by atoms with Gasteiger partial charge in [0.15, 0.2) is 9.84 Å². The molecule has 0 heterocycles. The third kappa shape index (κ3) is 3.72. The van der Waals surface area contributed by atoms with Gasteiger partial charge >= 0.3 is 0 Å². The van der Waals surface area contributed by atoms with E-state index in [0.717, 1.165) is 12.8 Å². The molecule has 0 aromatic heterocycles. The molecule has 5 heteroatoms. The van der Waals surface area contributed by atoms with Crippen LogP contribution in [0.2, 0.25) is 0 Å². The van der Waals surface area contributed by atoms with Crippen molar-refractivity contribution in [1.82, 2.24) is 0 Å². The molecule has 0 aliphatic heterocycles. The molecule has 3 nitrogen and oxygen atoms in total. The normalized spacial score (nSPS) is 12.4. The minimum atomic E-state index is -3.35. The lowest BCUT2D eigenvalue weighted by Crippen LogP contribution is -2.31. The Hall–Kier alpha value is -0.550. The van der Waals surface area contributed by atoms with Gasteiger partial charge in [-0.15, -0.1) is 0 Å². The molecular formula is C14H21BrO3S. The summed E-state index contributed by atoms with van der Waals surface area (Å²) in [6.07, 6.45) is 1.65. The monoisotopic (exact) mass is 348 g/mol. The second kappa shape index (κ2) is 6.75. The number of hydrogen-bond acceptors (Lipinski definition) is 3. The van der Waals surface area contributed by atoms with E-state index in [1.165, 1.54) is 7.11 Å². The van der Waals surface area contributed by atoms with Crippen LogP contribution in [0.3, 0.4) is 0 Å². The molecule has 0 radical (unpaired) electrons. The summed E-state index contributed by atoms with van der Waals surface area (Å²) in [4.78, 5) is 0.282. The first-order valence-corrected chi connectivity index (χ1v) is 9.14. The molecule has 0 amide bonds. The van der Waals surface area contributed by atoms with Gasteiger partial charge in [-0.1, -0.05) is 41.9 Å². The van der Waals surface area contributed by atoms with Gasteiger partial charge in [0.2, 0.25) is 0 Å². The Morgan fingerprint density at radius 2 is 1.79 bits per heavy atom. The van der Waals surface area contributed by atoms with E-state index in [0.29, 0.717) is 11.1 Å². The fourth-order valence-electron chi connectivity index (χ4n) is 2.04. The smallest absolute Gasteiger partial charge is 0.182 e. The Bertz CT molecular complexity index is 499. The Morgan fingerprint density at radius 1 is 1.21 bits per heavy atom. The zero-order valence-corrected chi connectivity index (χ0v) is 14.1. The molecule has 0 aliphatic carbocycles. The fraction of sp³-hybridized carbons (Fsp3) is 0.571. The van der Waals surface area contributed by atoms with E-state index in [1.54, 1.807) is 24.3 Å². The van der Waals surface area contributed by atoms with Gasteiger partial charge in [0.25, 0.3) is 0 Å². The van der Waals surface area contributed by atoms with Gasteiger partial charge in [0.1, 0.15) is 10.6 Å². The molecule has 0 aliphatic rings. The number of ether oxygens (including phenoxy) is 1. The van der Waals surface area contributed by atoms with E-state index in [4.69, 9.17) is 4.74 Å². The highest BCUT2D eigenvalue weighted by Gasteiger charge is 2.33. The van der Waals surface area contributed by atoms with Crippen molar-refractivity contribution in [2.75, 3.05) is 18.2 Å². The predicted octanol–water partition coefficient (Wildman–Crippen LogP) is 3.67. The summed E-state index contributed by atoms with van der Waals surface area (Å²) < 4.78 is 30.4. The topological polar surface area (TPSA) is 43.4 Å². The Morgan fingerprint density at radius 3 is 2.26 bits per heavy atom. The molecular weight excluding hydrogens is 328 g/mol. The third-order valence-electron chi connectivity index (χ3n) is 3.68. The van der Waals surface area contributed by atoms with Gasteiger partial charge < -0.3 is 4.74 Å². The Kier molecular flexibility index (Phi) is 5.86. The van der Waals surface area contributed by atoms with Crippen LogP contribution in [0.25, 0.3) is 0 Å². The van der Waals surface area contributed by atoms with Crippen LogP contribution in [0.5, 0.6) is 5.75 Å². The van der Waals surface area contributed by atoms with Crippen LogP contribution in [0.4, 0.5) is 0 Å². The maximum absolute atomic E-state index is 12.6. The van der Waals surface area contributed by atoms with Crippen molar-refractivity contribution in [3.05, 3.63) is 24.3 Å². The van der Waals surface area contributed by atoms with Gasteiger partial charge in [-0.05, 0) is 30.4 Å². The molecule has 108 valence electrons. The maximum Gasteiger partial charge on any atom is 0.182 e. The van der Waals surface area contributed by atoms with Gasteiger partial charge in [-0.25, -0.2) is 8.42 Å². The van der Waals surface area contributed by atoms with E-state index >= 15 is 0 Å². The number of para-hydroxylation sites is 1. The first-order chi connectivity index (χ1) is 8.94. The van der Waals surface area contributed by atoms with Crippen LogP contribution >= 0.6 is 15.9 Å². The number of alkyl halides is 1. The van der Waals surface area contributed by atoms with E-state index in [2.05, 4.69) is 15.9 Å². The fourth-order valence-corrected chi connectivity index (χ4v) is 5.51. The summed E-state index contributed by atoms with van der Waals surface area (Å²) in [5, 5.41) is 0.682. The van der Waals surface area contributed by atoms with Gasteiger partial charge in [-0.2, -0.15) is 0 Å². The van der Waals surface area contributed by atoms with E-state index in [9.17, 15) is 8.42 Å². The van der Waals surface area contributed by atoms with Crippen LogP contribution in [0.1, 0.15) is 26.7 Å². The third-order valence-corrected chi connectivity index (χ3v) is 6.87. The highest BCUT2D eigenvalue weighted by atomic mass is 79.9. The SMILES string of the molecule is CCC(CC)(CBr)CS(=O)(=O)c1ccccc1OC. The standard InChI is InChI=1S/C14H21BrO3S/c1-4-14(5-2,10-15)11-19(16,17)13-9-7-6-8-12(13)18-3/h6-9H,4-5,10-11H2,1-3H3. The lowest BCUT2D eigenvalue weighted by Gasteiger charge is -2.29. The van der Waals surface area contributed by atoms with Crippen LogP contribution in [-0.4, -0.2) is 26.6 Å². The highest BCUT2D eigenvalue weighted by Crippen LogP contribution is 2.34. The summed E-state index contributed by atoms with van der Waals surface area (Å²) in [7, 11) is -1.86. The summed E-state index contributed by atoms with van der Waals surface area (Å²) in [5.74, 6) is 0.553. The quantitative estimate of drug-likeness (QED) is 0.706. The van der Waals surface area contributed by atoms with Gasteiger partial charge in [-0.3, -0.25) is 0 Å². The van der Waals surface area contributed by atoms with Crippen LogP contribution < -0.4 is 4.74 Å². The molecule has 1 aromatic carbocycles. The molecule has 1 aromatic rings. The summed E-state index contributed by atoms with van der Waals surface area (Å²) in [5.41, 5.74) is -0.223. The zero-order valence-electron chi connectivity index (χ0n) is 11.6. The summed E-state index contributed by atoms with van der Waals surface area (Å²) in [6, 6.07) is 6.79.